The number of ether oxygens (including phenoxy) is 2. The van der Waals surface area contributed by atoms with Gasteiger partial charge in [-0.05, 0) is 12.8 Å². The van der Waals surface area contributed by atoms with E-state index < -0.39 is 23.8 Å². The van der Waals surface area contributed by atoms with E-state index >= 15 is 0 Å². The largest absolute Gasteiger partial charge is 0.333 e. The number of hydrogen-bond donors (Lipinski definition) is 2. The lowest BCUT2D eigenvalue weighted by molar-refractivity contribution is -0.279. The number of fused-ring (bicyclic) bond motifs is 1. The molecule has 0 saturated carbocycles. The second kappa shape index (κ2) is 9.33. The van der Waals surface area contributed by atoms with E-state index in [9.17, 15) is 19.2 Å². The Morgan fingerprint density at radius 3 is 1.75 bits per heavy atom. The van der Waals surface area contributed by atoms with Crippen LogP contribution in [0.2, 0.25) is 0 Å². The first-order valence-electron chi connectivity index (χ1n) is 8.83. The van der Waals surface area contributed by atoms with Crippen LogP contribution in [0.15, 0.2) is 0 Å². The van der Waals surface area contributed by atoms with Crippen LogP contribution in [0.3, 0.4) is 0 Å². The van der Waals surface area contributed by atoms with E-state index in [1.165, 1.54) is 61.3 Å². The summed E-state index contributed by atoms with van der Waals surface area (Å²) in [6.07, 6.45) is 1.11. The quantitative estimate of drug-likeness (QED) is 0.489. The Balaban J connectivity index is 2.10. The van der Waals surface area contributed by atoms with Crippen LogP contribution in [-0.4, -0.2) is 82.6 Å². The lowest BCUT2D eigenvalue weighted by Crippen LogP contribution is -2.69. The average Bonchev–Trinajstić information content (AvgIpc) is 2.94. The monoisotopic (exact) mass is 434 g/mol. The summed E-state index contributed by atoms with van der Waals surface area (Å²) in [7, 11) is 3.04. The molecule has 0 bridgehead atoms. The number of urea groups is 2. The van der Waals surface area contributed by atoms with Gasteiger partial charge < -0.3 is 9.47 Å². The van der Waals surface area contributed by atoms with Gasteiger partial charge in [0.2, 0.25) is 0 Å². The molecule has 2 N–H and O–H groups in total. The summed E-state index contributed by atoms with van der Waals surface area (Å²) in [5, 5.41) is 5.38. The molecule has 28 heavy (non-hydrogen) atoms. The van der Waals surface area contributed by atoms with Crippen LogP contribution in [0.25, 0.3) is 0 Å². The lowest BCUT2D eigenvalue weighted by Gasteiger charge is -2.42. The van der Waals surface area contributed by atoms with Gasteiger partial charge in [-0.3, -0.25) is 30.0 Å². The first-order chi connectivity index (χ1) is 13.2. The summed E-state index contributed by atoms with van der Waals surface area (Å²) < 4.78 is 12.0. The summed E-state index contributed by atoms with van der Waals surface area (Å²) in [6, 6.07) is -0.911. The van der Waals surface area contributed by atoms with Crippen LogP contribution in [0, 0.1) is 0 Å². The second-order valence-corrected chi connectivity index (χ2v) is 8.90. The van der Waals surface area contributed by atoms with Crippen molar-refractivity contribution in [3.05, 3.63) is 0 Å². The zero-order valence-electron chi connectivity index (χ0n) is 16.4. The fourth-order valence-corrected chi connectivity index (χ4v) is 4.19. The van der Waals surface area contributed by atoms with Crippen molar-refractivity contribution in [2.75, 3.05) is 38.8 Å². The van der Waals surface area contributed by atoms with Gasteiger partial charge >= 0.3 is 12.1 Å². The van der Waals surface area contributed by atoms with E-state index in [4.69, 9.17) is 9.47 Å². The minimum Gasteiger partial charge on any atom is -0.333 e. The number of carbonyl (C=O) groups is 4. The molecule has 2 rings (SSSR count). The lowest BCUT2D eigenvalue weighted by atomic mass is 10.2. The molecule has 0 aromatic rings. The Kier molecular flexibility index (Phi) is 7.59. The molecule has 0 unspecified atom stereocenters. The number of nitrogens with zero attached hydrogens (tertiary/aromatic N) is 2. The Bertz CT molecular complexity index is 623. The highest BCUT2D eigenvalue weighted by Gasteiger charge is 2.74. The standard InChI is InChI=1S/C16H26N4O6S2/c1-11(21)27-9-5-7-25-15-16(19(3)13(23)17-15,20(4)14(24)18-15)26-8-6-10-28-12(2)22/h5-10H2,1-4H3,(H,17,23)(H,18,24). The smallest absolute Gasteiger partial charge is 0.324 e. The highest BCUT2D eigenvalue weighted by atomic mass is 32.2. The molecule has 0 aromatic carbocycles. The molecular formula is C16H26N4O6S2. The van der Waals surface area contributed by atoms with Crippen molar-refractivity contribution in [2.45, 2.75) is 38.4 Å². The van der Waals surface area contributed by atoms with Crippen molar-refractivity contribution in [2.24, 2.45) is 0 Å². The number of likely N-dealkylation sites (N-methyl/N-ethyl adjacent to an activating group) is 2. The molecule has 0 radical (unpaired) electrons. The molecule has 12 heteroatoms. The predicted molar refractivity (Wildman–Crippen MR) is 105 cm³/mol. The molecule has 2 aliphatic heterocycles. The van der Waals surface area contributed by atoms with Crippen molar-refractivity contribution in [3.8, 4) is 0 Å². The van der Waals surface area contributed by atoms with Crippen molar-refractivity contribution >= 4 is 45.8 Å². The van der Waals surface area contributed by atoms with Gasteiger partial charge in [0.25, 0.3) is 11.7 Å². The summed E-state index contributed by atoms with van der Waals surface area (Å²) in [6.45, 7) is 3.40. The molecule has 0 spiro atoms. The third kappa shape index (κ3) is 4.39. The van der Waals surface area contributed by atoms with Crippen molar-refractivity contribution < 1.29 is 28.7 Å². The summed E-state index contributed by atoms with van der Waals surface area (Å²) in [4.78, 5) is 49.4. The summed E-state index contributed by atoms with van der Waals surface area (Å²) >= 11 is 2.37. The molecule has 2 aliphatic rings. The zero-order valence-corrected chi connectivity index (χ0v) is 18.0. The molecule has 10 nitrogen and oxygen atoms in total. The van der Waals surface area contributed by atoms with E-state index in [1.54, 1.807) is 0 Å². The number of thioether (sulfide) groups is 2. The van der Waals surface area contributed by atoms with Gasteiger partial charge in [0.05, 0.1) is 13.2 Å². The van der Waals surface area contributed by atoms with E-state index in [0.717, 1.165) is 0 Å². The highest BCUT2D eigenvalue weighted by molar-refractivity contribution is 8.13. The molecule has 2 fully saturated rings. The van der Waals surface area contributed by atoms with E-state index in [0.29, 0.717) is 24.3 Å². The highest BCUT2D eigenvalue weighted by Crippen LogP contribution is 2.41. The fraction of sp³-hybridized carbons (Fsp3) is 0.750. The van der Waals surface area contributed by atoms with Crippen molar-refractivity contribution in [1.82, 2.24) is 20.4 Å². The van der Waals surface area contributed by atoms with Gasteiger partial charge in [0.15, 0.2) is 10.2 Å². The topological polar surface area (TPSA) is 117 Å². The normalized spacial score (nSPS) is 26.3. The van der Waals surface area contributed by atoms with E-state index in [2.05, 4.69) is 10.6 Å². The molecule has 2 saturated heterocycles. The second-order valence-electron chi connectivity index (χ2n) is 6.35. The van der Waals surface area contributed by atoms with Gasteiger partial charge in [-0.2, -0.15) is 0 Å². The van der Waals surface area contributed by atoms with Crippen LogP contribution in [-0.2, 0) is 19.1 Å². The van der Waals surface area contributed by atoms with E-state index in [1.807, 2.05) is 0 Å². The Labute approximate surface area is 172 Å². The van der Waals surface area contributed by atoms with Gasteiger partial charge in [-0.15, -0.1) is 0 Å². The Morgan fingerprint density at radius 1 is 0.893 bits per heavy atom. The molecule has 4 amide bonds. The molecule has 158 valence electrons. The first kappa shape index (κ1) is 22.8. The Hall–Kier alpha value is -1.50. The number of rotatable bonds is 10. The fourth-order valence-electron chi connectivity index (χ4n) is 3.09. The Morgan fingerprint density at radius 2 is 1.32 bits per heavy atom. The van der Waals surface area contributed by atoms with Gasteiger partial charge in [-0.25, -0.2) is 9.59 Å². The SMILES string of the molecule is CC(=O)SCCCOC12NC(=O)N(C)C1(OCCCSC(C)=O)N(C)C(=O)N2. The summed E-state index contributed by atoms with van der Waals surface area (Å²) in [5.41, 5.74) is 0. The maximum atomic E-state index is 12.4. The van der Waals surface area contributed by atoms with Crippen LogP contribution >= 0.6 is 23.5 Å². The van der Waals surface area contributed by atoms with Gasteiger partial charge in [0.1, 0.15) is 0 Å². The minimum absolute atomic E-state index is 0.0158. The molecule has 0 atom stereocenters. The predicted octanol–water partition coefficient (Wildman–Crippen LogP) is 0.977. The van der Waals surface area contributed by atoms with Crippen LogP contribution < -0.4 is 10.6 Å². The van der Waals surface area contributed by atoms with Gasteiger partial charge in [-0.1, -0.05) is 23.5 Å². The third-order valence-electron chi connectivity index (χ3n) is 4.35. The maximum absolute atomic E-state index is 12.4. The molecule has 0 aromatic heterocycles. The number of amides is 4. The van der Waals surface area contributed by atoms with Crippen LogP contribution in [0.4, 0.5) is 9.59 Å². The van der Waals surface area contributed by atoms with Gasteiger partial charge in [0, 0.05) is 39.4 Å². The maximum Gasteiger partial charge on any atom is 0.324 e. The number of hydrogen-bond acceptors (Lipinski definition) is 8. The number of carbonyl (C=O) groups excluding carboxylic acids is 4. The molecule has 0 aliphatic carbocycles. The minimum atomic E-state index is -1.57. The van der Waals surface area contributed by atoms with E-state index in [-0.39, 0.29) is 23.4 Å². The van der Waals surface area contributed by atoms with Crippen LogP contribution in [0.1, 0.15) is 26.7 Å². The van der Waals surface area contributed by atoms with Crippen molar-refractivity contribution in [3.63, 3.8) is 0 Å². The van der Waals surface area contributed by atoms with Crippen LogP contribution in [0.5, 0.6) is 0 Å². The first-order valence-corrected chi connectivity index (χ1v) is 10.8. The molecule has 2 heterocycles. The molecular weight excluding hydrogens is 408 g/mol. The zero-order chi connectivity index (χ0) is 20.9. The number of nitrogens with one attached hydrogen (secondary N) is 2. The summed E-state index contributed by atoms with van der Waals surface area (Å²) in [5.74, 6) is -1.94. The van der Waals surface area contributed by atoms with Crippen molar-refractivity contribution in [1.29, 1.82) is 0 Å². The average molecular weight is 435 g/mol. The third-order valence-corrected chi connectivity index (χ3v) is 6.15.